The minimum atomic E-state index is 0.607. The molecule has 0 saturated heterocycles. The highest BCUT2D eigenvalue weighted by Crippen LogP contribution is 2.31. The molecule has 17 heavy (non-hydrogen) atoms. The summed E-state index contributed by atoms with van der Waals surface area (Å²) < 4.78 is 0.920. The maximum Gasteiger partial charge on any atom is 0.151 e. The second-order valence-corrected chi connectivity index (χ2v) is 5.63. The largest absolute Gasteiger partial charge is 0.298 e. The zero-order valence-corrected chi connectivity index (χ0v) is 11.7. The summed E-state index contributed by atoms with van der Waals surface area (Å²) in [5, 5.41) is 1.42. The van der Waals surface area contributed by atoms with Crippen molar-refractivity contribution in [3.63, 3.8) is 0 Å². The van der Waals surface area contributed by atoms with Crippen molar-refractivity contribution < 1.29 is 4.79 Å². The predicted molar refractivity (Wildman–Crippen MR) is 72.9 cm³/mol. The van der Waals surface area contributed by atoms with E-state index in [9.17, 15) is 4.79 Å². The standard InChI is InChI=1S/C12H7BrClNOS/c13-9-2-4-12(15-6-9)17-11-5-10(14)3-1-8(11)7-16/h1-7H. The molecule has 0 unspecified atom stereocenters. The number of aldehydes is 1. The van der Waals surface area contributed by atoms with Crippen LogP contribution in [-0.2, 0) is 0 Å². The average Bonchev–Trinajstić information content (AvgIpc) is 2.32. The van der Waals surface area contributed by atoms with E-state index in [1.54, 1.807) is 24.4 Å². The number of carbonyl (C=O) groups excluding carboxylic acids is 1. The summed E-state index contributed by atoms with van der Waals surface area (Å²) in [7, 11) is 0. The van der Waals surface area contributed by atoms with Crippen LogP contribution >= 0.6 is 39.3 Å². The van der Waals surface area contributed by atoms with Gasteiger partial charge in [-0.05, 0) is 46.3 Å². The highest BCUT2D eigenvalue weighted by Gasteiger charge is 2.05. The molecule has 1 heterocycles. The van der Waals surface area contributed by atoms with Gasteiger partial charge in [0.05, 0.1) is 0 Å². The molecule has 2 rings (SSSR count). The van der Waals surface area contributed by atoms with Crippen molar-refractivity contribution >= 4 is 45.6 Å². The third-order valence-corrected chi connectivity index (χ3v) is 3.75. The lowest BCUT2D eigenvalue weighted by Crippen LogP contribution is -1.86. The van der Waals surface area contributed by atoms with Crippen molar-refractivity contribution in [2.75, 3.05) is 0 Å². The van der Waals surface area contributed by atoms with Crippen LogP contribution < -0.4 is 0 Å². The van der Waals surface area contributed by atoms with E-state index in [2.05, 4.69) is 20.9 Å². The number of benzene rings is 1. The minimum absolute atomic E-state index is 0.607. The first-order valence-corrected chi connectivity index (χ1v) is 6.72. The van der Waals surface area contributed by atoms with E-state index in [4.69, 9.17) is 11.6 Å². The quantitative estimate of drug-likeness (QED) is 0.779. The fraction of sp³-hybridized carbons (Fsp3) is 0. The van der Waals surface area contributed by atoms with Gasteiger partial charge >= 0.3 is 0 Å². The monoisotopic (exact) mass is 327 g/mol. The summed E-state index contributed by atoms with van der Waals surface area (Å²) in [6.07, 6.45) is 2.53. The number of carbonyl (C=O) groups is 1. The predicted octanol–water partition coefficient (Wildman–Crippen LogP) is 4.46. The fourth-order valence-corrected chi connectivity index (χ4v) is 2.59. The molecule has 0 fully saturated rings. The fourth-order valence-electron chi connectivity index (χ4n) is 1.23. The number of hydrogen-bond donors (Lipinski definition) is 0. The van der Waals surface area contributed by atoms with Gasteiger partial charge < -0.3 is 0 Å². The number of rotatable bonds is 3. The van der Waals surface area contributed by atoms with E-state index in [0.29, 0.717) is 10.6 Å². The van der Waals surface area contributed by atoms with Gasteiger partial charge in [0.25, 0.3) is 0 Å². The SMILES string of the molecule is O=Cc1ccc(Cl)cc1Sc1ccc(Br)cn1. The highest BCUT2D eigenvalue weighted by molar-refractivity contribution is 9.10. The van der Waals surface area contributed by atoms with Crippen LogP contribution in [0, 0.1) is 0 Å². The summed E-state index contributed by atoms with van der Waals surface area (Å²) in [6, 6.07) is 8.95. The summed E-state index contributed by atoms with van der Waals surface area (Å²) in [5.74, 6) is 0. The van der Waals surface area contributed by atoms with E-state index in [1.165, 1.54) is 11.8 Å². The number of hydrogen-bond acceptors (Lipinski definition) is 3. The van der Waals surface area contributed by atoms with Crippen molar-refractivity contribution in [1.29, 1.82) is 0 Å². The second kappa shape index (κ2) is 5.67. The van der Waals surface area contributed by atoms with Gasteiger partial charge in [0, 0.05) is 26.2 Å². The van der Waals surface area contributed by atoms with Crippen molar-refractivity contribution in [3.8, 4) is 0 Å². The van der Waals surface area contributed by atoms with Gasteiger partial charge in [-0.1, -0.05) is 23.4 Å². The molecule has 0 aliphatic carbocycles. The van der Waals surface area contributed by atoms with Gasteiger partial charge in [-0.2, -0.15) is 0 Å². The number of aromatic nitrogens is 1. The Balaban J connectivity index is 2.31. The lowest BCUT2D eigenvalue weighted by molar-refractivity contribution is 0.112. The molecule has 0 aliphatic rings. The van der Waals surface area contributed by atoms with E-state index < -0.39 is 0 Å². The molecule has 0 bridgehead atoms. The first-order chi connectivity index (χ1) is 8.19. The normalized spacial score (nSPS) is 10.2. The number of nitrogens with zero attached hydrogens (tertiary/aromatic N) is 1. The molecular formula is C12H7BrClNOS. The topological polar surface area (TPSA) is 30.0 Å². The van der Waals surface area contributed by atoms with Crippen molar-refractivity contribution in [2.24, 2.45) is 0 Å². The Morgan fingerprint density at radius 3 is 2.76 bits per heavy atom. The van der Waals surface area contributed by atoms with E-state index >= 15 is 0 Å². The van der Waals surface area contributed by atoms with Gasteiger partial charge in [-0.25, -0.2) is 4.98 Å². The van der Waals surface area contributed by atoms with Crippen LogP contribution in [0.4, 0.5) is 0 Å². The number of halogens is 2. The smallest absolute Gasteiger partial charge is 0.151 e. The Labute approximate surface area is 117 Å². The van der Waals surface area contributed by atoms with Gasteiger partial charge in [-0.15, -0.1) is 0 Å². The van der Waals surface area contributed by atoms with Crippen LogP contribution in [0.25, 0.3) is 0 Å². The Kier molecular flexibility index (Phi) is 4.20. The Morgan fingerprint density at radius 2 is 2.12 bits per heavy atom. The van der Waals surface area contributed by atoms with Crippen LogP contribution in [0.5, 0.6) is 0 Å². The van der Waals surface area contributed by atoms with Crippen molar-refractivity contribution in [2.45, 2.75) is 9.92 Å². The third kappa shape index (κ3) is 3.31. The summed E-state index contributed by atoms with van der Waals surface area (Å²) in [5.41, 5.74) is 0.615. The minimum Gasteiger partial charge on any atom is -0.298 e. The third-order valence-electron chi connectivity index (χ3n) is 2.02. The van der Waals surface area contributed by atoms with E-state index in [1.807, 2.05) is 12.1 Å². The van der Waals surface area contributed by atoms with Gasteiger partial charge in [-0.3, -0.25) is 4.79 Å². The van der Waals surface area contributed by atoms with E-state index in [-0.39, 0.29) is 0 Å². The molecule has 2 nitrogen and oxygen atoms in total. The first-order valence-electron chi connectivity index (χ1n) is 4.73. The summed E-state index contributed by atoms with van der Waals surface area (Å²) >= 11 is 10.6. The summed E-state index contributed by atoms with van der Waals surface area (Å²) in [4.78, 5) is 15.9. The Morgan fingerprint density at radius 1 is 1.29 bits per heavy atom. The second-order valence-electron chi connectivity index (χ2n) is 3.22. The van der Waals surface area contributed by atoms with Crippen molar-refractivity contribution in [1.82, 2.24) is 4.98 Å². The molecule has 0 atom stereocenters. The molecule has 86 valence electrons. The maximum atomic E-state index is 10.9. The molecule has 2 aromatic rings. The van der Waals surface area contributed by atoms with Gasteiger partial charge in [0.1, 0.15) is 5.03 Å². The molecule has 5 heteroatoms. The Hall–Kier alpha value is -0.840. The molecular weight excluding hydrogens is 322 g/mol. The average molecular weight is 329 g/mol. The zero-order chi connectivity index (χ0) is 12.3. The van der Waals surface area contributed by atoms with Crippen LogP contribution in [0.3, 0.4) is 0 Å². The molecule has 0 spiro atoms. The molecule has 0 radical (unpaired) electrons. The maximum absolute atomic E-state index is 10.9. The number of pyridine rings is 1. The lowest BCUT2D eigenvalue weighted by atomic mass is 10.2. The van der Waals surface area contributed by atoms with Crippen molar-refractivity contribution in [3.05, 3.63) is 51.6 Å². The molecule has 0 aliphatic heterocycles. The lowest BCUT2D eigenvalue weighted by Gasteiger charge is -2.04. The molecule has 1 aromatic heterocycles. The molecule has 0 N–H and O–H groups in total. The van der Waals surface area contributed by atoms with E-state index in [0.717, 1.165) is 20.7 Å². The van der Waals surface area contributed by atoms with Crippen LogP contribution in [0.2, 0.25) is 5.02 Å². The van der Waals surface area contributed by atoms with Gasteiger partial charge in [0.2, 0.25) is 0 Å². The summed E-state index contributed by atoms with van der Waals surface area (Å²) in [6.45, 7) is 0. The van der Waals surface area contributed by atoms with Crippen LogP contribution in [-0.4, -0.2) is 11.3 Å². The van der Waals surface area contributed by atoms with Crippen LogP contribution in [0.15, 0.2) is 50.9 Å². The molecule has 0 amide bonds. The zero-order valence-electron chi connectivity index (χ0n) is 8.56. The molecule has 1 aromatic carbocycles. The first kappa shape index (κ1) is 12.6. The molecule has 0 saturated carbocycles. The van der Waals surface area contributed by atoms with Crippen LogP contribution in [0.1, 0.15) is 10.4 Å². The Bertz CT molecular complexity index is 545. The van der Waals surface area contributed by atoms with Gasteiger partial charge in [0.15, 0.2) is 6.29 Å². The highest BCUT2D eigenvalue weighted by atomic mass is 79.9.